The molecule has 0 spiro atoms. The minimum atomic E-state index is 0.119. The summed E-state index contributed by atoms with van der Waals surface area (Å²) in [6.45, 7) is 6.79. The zero-order chi connectivity index (χ0) is 12.4. The lowest BCUT2D eigenvalue weighted by molar-refractivity contribution is 0.0993. The second kappa shape index (κ2) is 4.79. The molecule has 2 aromatic rings. The molecule has 0 fully saturated rings. The van der Waals surface area contributed by atoms with Gasteiger partial charge in [-0.05, 0) is 32.4 Å². The van der Waals surface area contributed by atoms with Crippen LogP contribution in [0.15, 0.2) is 12.4 Å². The molecule has 0 aromatic carbocycles. The van der Waals surface area contributed by atoms with Crippen molar-refractivity contribution in [3.63, 3.8) is 0 Å². The summed E-state index contributed by atoms with van der Waals surface area (Å²) in [6.07, 6.45) is 1.82. The number of aromatic nitrogens is 3. The van der Waals surface area contributed by atoms with E-state index in [0.29, 0.717) is 6.42 Å². The summed E-state index contributed by atoms with van der Waals surface area (Å²) in [6, 6.07) is 1.95. The molecule has 0 unspecified atom stereocenters. The van der Waals surface area contributed by atoms with Crippen LogP contribution in [0, 0.1) is 13.8 Å². The van der Waals surface area contributed by atoms with Crippen LogP contribution < -0.4 is 0 Å². The second-order valence-electron chi connectivity index (χ2n) is 3.94. The molecule has 2 rings (SSSR count). The van der Waals surface area contributed by atoms with Crippen LogP contribution in [-0.2, 0) is 13.0 Å². The van der Waals surface area contributed by atoms with E-state index in [1.54, 1.807) is 16.0 Å². The van der Waals surface area contributed by atoms with Crippen LogP contribution in [0.3, 0.4) is 0 Å². The Bertz CT molecular complexity index is 522. The first kappa shape index (κ1) is 12.0. The molecule has 0 aliphatic heterocycles. The molecule has 0 radical (unpaired) electrons. The van der Waals surface area contributed by atoms with Crippen LogP contribution in [0.4, 0.5) is 0 Å². The van der Waals surface area contributed by atoms with Crippen molar-refractivity contribution in [2.75, 3.05) is 0 Å². The van der Waals surface area contributed by atoms with Gasteiger partial charge in [-0.1, -0.05) is 0 Å². The first-order valence-corrected chi connectivity index (χ1v) is 6.40. The van der Waals surface area contributed by atoms with Crippen molar-refractivity contribution >= 4 is 17.1 Å². The largest absolute Gasteiger partial charge is 0.293 e. The number of nitrogens with zero attached hydrogens (tertiary/aromatic N) is 3. The highest BCUT2D eigenvalue weighted by Gasteiger charge is 2.14. The van der Waals surface area contributed by atoms with Gasteiger partial charge in [0.1, 0.15) is 12.2 Å². The Morgan fingerprint density at radius 3 is 2.82 bits per heavy atom. The zero-order valence-electron chi connectivity index (χ0n) is 10.2. The summed E-state index contributed by atoms with van der Waals surface area (Å²) in [5.74, 6) is 0.857. The molecular formula is C12H15N3OS. The van der Waals surface area contributed by atoms with Gasteiger partial charge in [-0.15, -0.1) is 11.3 Å². The number of Topliss-reactive ketones (excluding diaryl/α,β-unsaturated/α-hetero) is 1. The highest BCUT2D eigenvalue weighted by Crippen LogP contribution is 2.21. The van der Waals surface area contributed by atoms with Crippen molar-refractivity contribution in [1.29, 1.82) is 0 Å². The quantitative estimate of drug-likeness (QED) is 0.782. The van der Waals surface area contributed by atoms with E-state index in [-0.39, 0.29) is 5.78 Å². The third-order valence-corrected chi connectivity index (χ3v) is 3.95. The van der Waals surface area contributed by atoms with Crippen LogP contribution in [0.2, 0.25) is 0 Å². The lowest BCUT2D eigenvalue weighted by Gasteiger charge is -2.00. The van der Waals surface area contributed by atoms with Crippen molar-refractivity contribution in [1.82, 2.24) is 14.8 Å². The number of thiophene rings is 1. The van der Waals surface area contributed by atoms with E-state index >= 15 is 0 Å². The van der Waals surface area contributed by atoms with E-state index in [2.05, 4.69) is 10.1 Å². The van der Waals surface area contributed by atoms with Gasteiger partial charge < -0.3 is 0 Å². The normalized spacial score (nSPS) is 10.8. The van der Waals surface area contributed by atoms with Crippen molar-refractivity contribution in [2.24, 2.45) is 0 Å². The van der Waals surface area contributed by atoms with E-state index in [9.17, 15) is 4.79 Å². The Kier molecular flexibility index (Phi) is 3.38. The first-order chi connectivity index (χ1) is 8.11. The topological polar surface area (TPSA) is 47.8 Å². The average molecular weight is 249 g/mol. The van der Waals surface area contributed by atoms with Crippen LogP contribution >= 0.6 is 11.3 Å². The van der Waals surface area contributed by atoms with Gasteiger partial charge in [0.05, 0.1) is 11.3 Å². The van der Waals surface area contributed by atoms with Crippen LogP contribution in [0.5, 0.6) is 0 Å². The predicted octanol–water partition coefficient (Wildman–Crippen LogP) is 2.40. The third-order valence-electron chi connectivity index (χ3n) is 2.75. The molecule has 0 atom stereocenters. The molecule has 0 N–H and O–H groups in total. The number of carbonyl (C=O) groups excluding carboxylic acids is 1. The van der Waals surface area contributed by atoms with Gasteiger partial charge in [0.2, 0.25) is 0 Å². The van der Waals surface area contributed by atoms with Gasteiger partial charge in [-0.2, -0.15) is 5.10 Å². The highest BCUT2D eigenvalue weighted by atomic mass is 32.1. The minimum Gasteiger partial charge on any atom is -0.293 e. The van der Waals surface area contributed by atoms with E-state index in [1.165, 1.54) is 16.8 Å². The number of ketones is 1. The second-order valence-corrected chi connectivity index (χ2v) is 5.20. The predicted molar refractivity (Wildman–Crippen MR) is 67.5 cm³/mol. The number of hydrogen-bond donors (Lipinski definition) is 0. The maximum atomic E-state index is 12.1. The molecule has 0 amide bonds. The number of carbonyl (C=O) groups is 1. The molecule has 90 valence electrons. The van der Waals surface area contributed by atoms with Gasteiger partial charge in [0.15, 0.2) is 5.78 Å². The van der Waals surface area contributed by atoms with Gasteiger partial charge in [0, 0.05) is 11.4 Å². The fourth-order valence-electron chi connectivity index (χ4n) is 1.63. The fraction of sp³-hybridized carbons (Fsp3) is 0.417. The Hall–Kier alpha value is -1.49. The Morgan fingerprint density at radius 2 is 2.24 bits per heavy atom. The van der Waals surface area contributed by atoms with Crippen molar-refractivity contribution < 1.29 is 4.79 Å². The van der Waals surface area contributed by atoms with E-state index in [1.807, 2.05) is 26.8 Å². The molecule has 4 nitrogen and oxygen atoms in total. The van der Waals surface area contributed by atoms with Crippen molar-refractivity contribution in [3.05, 3.63) is 33.5 Å². The Labute approximate surface area is 104 Å². The standard InChI is InChI=1S/C12H15N3OS/c1-4-15-12(13-7-14-15)6-10(16)11-5-8(2)9(3)17-11/h5,7H,4,6H2,1-3H3. The Balaban J connectivity index is 2.17. The molecule has 0 saturated carbocycles. The molecular weight excluding hydrogens is 234 g/mol. The van der Waals surface area contributed by atoms with Crippen molar-refractivity contribution in [3.8, 4) is 0 Å². The smallest absolute Gasteiger partial charge is 0.180 e. The van der Waals surface area contributed by atoms with E-state index < -0.39 is 0 Å². The molecule has 0 bridgehead atoms. The third kappa shape index (κ3) is 2.44. The number of aryl methyl sites for hydroxylation is 3. The van der Waals surface area contributed by atoms with E-state index in [4.69, 9.17) is 0 Å². The highest BCUT2D eigenvalue weighted by molar-refractivity contribution is 7.14. The summed E-state index contributed by atoms with van der Waals surface area (Å²) in [4.78, 5) is 18.2. The molecule has 0 aliphatic carbocycles. The maximum Gasteiger partial charge on any atom is 0.180 e. The maximum absolute atomic E-state index is 12.1. The van der Waals surface area contributed by atoms with Crippen LogP contribution in [-0.4, -0.2) is 20.5 Å². The number of hydrogen-bond acceptors (Lipinski definition) is 4. The summed E-state index contributed by atoms with van der Waals surface area (Å²) < 4.78 is 1.76. The zero-order valence-corrected chi connectivity index (χ0v) is 11.0. The summed E-state index contributed by atoms with van der Waals surface area (Å²) in [7, 11) is 0. The number of rotatable bonds is 4. The molecule has 17 heavy (non-hydrogen) atoms. The van der Waals surface area contributed by atoms with Crippen LogP contribution in [0.1, 0.15) is 32.9 Å². The SMILES string of the molecule is CCn1ncnc1CC(=O)c1cc(C)c(C)s1. The molecule has 5 heteroatoms. The van der Waals surface area contributed by atoms with Gasteiger partial charge in [-0.3, -0.25) is 4.79 Å². The minimum absolute atomic E-state index is 0.119. The van der Waals surface area contributed by atoms with E-state index in [0.717, 1.165) is 17.2 Å². The lowest BCUT2D eigenvalue weighted by atomic mass is 10.2. The van der Waals surface area contributed by atoms with Gasteiger partial charge in [-0.25, -0.2) is 9.67 Å². The molecule has 2 aromatic heterocycles. The first-order valence-electron chi connectivity index (χ1n) is 5.58. The summed E-state index contributed by atoms with van der Waals surface area (Å²) >= 11 is 1.55. The molecule has 0 saturated heterocycles. The molecule has 0 aliphatic rings. The van der Waals surface area contributed by atoms with Crippen molar-refractivity contribution in [2.45, 2.75) is 33.7 Å². The summed E-state index contributed by atoms with van der Waals surface area (Å²) in [5.41, 5.74) is 1.18. The summed E-state index contributed by atoms with van der Waals surface area (Å²) in [5, 5.41) is 4.06. The van der Waals surface area contributed by atoms with Crippen LogP contribution in [0.25, 0.3) is 0 Å². The Morgan fingerprint density at radius 1 is 1.47 bits per heavy atom. The monoisotopic (exact) mass is 249 g/mol. The lowest BCUT2D eigenvalue weighted by Crippen LogP contribution is -2.09. The molecule has 2 heterocycles. The average Bonchev–Trinajstić information content (AvgIpc) is 2.86. The van der Waals surface area contributed by atoms with Gasteiger partial charge in [0.25, 0.3) is 0 Å². The fourth-order valence-corrected chi connectivity index (χ4v) is 2.60. The van der Waals surface area contributed by atoms with Gasteiger partial charge >= 0.3 is 0 Å².